The fourth-order valence-electron chi connectivity index (χ4n) is 3.01. The average molecular weight is 304 g/mol. The second kappa shape index (κ2) is 5.96. The van der Waals surface area contributed by atoms with Gasteiger partial charge in [0.05, 0.1) is 13.2 Å². The second-order valence-electron chi connectivity index (χ2n) is 5.53. The summed E-state index contributed by atoms with van der Waals surface area (Å²) in [7, 11) is 1.59. The first-order valence-electron chi connectivity index (χ1n) is 7.54. The van der Waals surface area contributed by atoms with E-state index in [0.717, 1.165) is 23.4 Å². The van der Waals surface area contributed by atoms with Gasteiger partial charge in [-0.1, -0.05) is 6.92 Å². The molecule has 0 radical (unpaired) electrons. The molecule has 2 amide bonds. The third kappa shape index (κ3) is 2.54. The second-order valence-corrected chi connectivity index (χ2v) is 5.53. The molecule has 3 rings (SSSR count). The Morgan fingerprint density at radius 1 is 1.45 bits per heavy atom. The predicted molar refractivity (Wildman–Crippen MR) is 82.3 cm³/mol. The summed E-state index contributed by atoms with van der Waals surface area (Å²) >= 11 is 0. The van der Waals surface area contributed by atoms with Crippen LogP contribution in [0.2, 0.25) is 0 Å². The number of benzene rings is 1. The van der Waals surface area contributed by atoms with Crippen molar-refractivity contribution in [2.24, 2.45) is 0 Å². The van der Waals surface area contributed by atoms with Crippen LogP contribution >= 0.6 is 0 Å². The standard InChI is InChI=1S/C16H20N2O4/c1-3-15(19)17-7-6-11-8-12(4-5-14(11)17)18-9-13(10-21-2)22-16(18)20/h4-5,8,13H,3,6-7,9-10H2,1-2H3. The van der Waals surface area contributed by atoms with Crippen LogP contribution in [0.1, 0.15) is 18.9 Å². The van der Waals surface area contributed by atoms with Crippen LogP contribution in [0.3, 0.4) is 0 Å². The van der Waals surface area contributed by atoms with Gasteiger partial charge in [-0.25, -0.2) is 4.79 Å². The fraction of sp³-hybridized carbons (Fsp3) is 0.500. The van der Waals surface area contributed by atoms with Crippen molar-refractivity contribution in [3.05, 3.63) is 23.8 Å². The summed E-state index contributed by atoms with van der Waals surface area (Å²) < 4.78 is 10.3. The van der Waals surface area contributed by atoms with E-state index in [-0.39, 0.29) is 18.1 Å². The van der Waals surface area contributed by atoms with Crippen LogP contribution < -0.4 is 9.80 Å². The first-order valence-corrected chi connectivity index (χ1v) is 7.54. The Morgan fingerprint density at radius 3 is 3.00 bits per heavy atom. The van der Waals surface area contributed by atoms with Crippen molar-refractivity contribution in [3.63, 3.8) is 0 Å². The lowest BCUT2D eigenvalue weighted by atomic mass is 10.1. The lowest BCUT2D eigenvalue weighted by molar-refractivity contribution is -0.118. The van der Waals surface area contributed by atoms with Crippen molar-refractivity contribution >= 4 is 23.4 Å². The quantitative estimate of drug-likeness (QED) is 0.853. The zero-order valence-corrected chi connectivity index (χ0v) is 12.9. The fourth-order valence-corrected chi connectivity index (χ4v) is 3.01. The van der Waals surface area contributed by atoms with Crippen LogP contribution in [0, 0.1) is 0 Å². The first-order chi connectivity index (χ1) is 10.6. The number of ether oxygens (including phenoxy) is 2. The number of nitrogens with zero attached hydrogens (tertiary/aromatic N) is 2. The number of fused-ring (bicyclic) bond motifs is 1. The number of rotatable bonds is 4. The number of cyclic esters (lactones) is 1. The van der Waals surface area contributed by atoms with Gasteiger partial charge in [0.15, 0.2) is 0 Å². The van der Waals surface area contributed by atoms with Crippen LogP contribution in [0.25, 0.3) is 0 Å². The Kier molecular flexibility index (Phi) is 4.02. The number of hydrogen-bond acceptors (Lipinski definition) is 4. The molecule has 22 heavy (non-hydrogen) atoms. The zero-order valence-electron chi connectivity index (χ0n) is 12.9. The minimum atomic E-state index is -0.346. The molecule has 6 heteroatoms. The number of hydrogen-bond donors (Lipinski definition) is 0. The third-order valence-corrected chi connectivity index (χ3v) is 4.10. The van der Waals surface area contributed by atoms with E-state index in [1.807, 2.05) is 30.0 Å². The molecule has 118 valence electrons. The molecule has 0 aliphatic carbocycles. The molecule has 0 aromatic heterocycles. The normalized spacial score (nSPS) is 20.3. The Labute approximate surface area is 129 Å². The smallest absolute Gasteiger partial charge is 0.414 e. The van der Waals surface area contributed by atoms with Gasteiger partial charge in [-0.15, -0.1) is 0 Å². The van der Waals surface area contributed by atoms with Crippen LogP contribution in [0.15, 0.2) is 18.2 Å². The molecular formula is C16H20N2O4. The maximum atomic E-state index is 12.0. The summed E-state index contributed by atoms with van der Waals surface area (Å²) in [4.78, 5) is 27.3. The molecular weight excluding hydrogens is 284 g/mol. The van der Waals surface area contributed by atoms with Crippen molar-refractivity contribution in [1.29, 1.82) is 0 Å². The van der Waals surface area contributed by atoms with Crippen LogP contribution in [0.5, 0.6) is 0 Å². The molecule has 1 atom stereocenters. The summed E-state index contributed by atoms with van der Waals surface area (Å²) in [5, 5.41) is 0. The maximum absolute atomic E-state index is 12.0. The molecule has 1 aromatic carbocycles. The molecule has 2 heterocycles. The Morgan fingerprint density at radius 2 is 2.27 bits per heavy atom. The number of amides is 2. The number of carbonyl (C=O) groups excluding carboxylic acids is 2. The highest BCUT2D eigenvalue weighted by molar-refractivity contribution is 5.96. The van der Waals surface area contributed by atoms with Crippen molar-refractivity contribution in [2.75, 3.05) is 36.6 Å². The van der Waals surface area contributed by atoms with Crippen molar-refractivity contribution < 1.29 is 19.1 Å². The Balaban J connectivity index is 1.80. The molecule has 2 aliphatic rings. The molecule has 0 saturated carbocycles. The van der Waals surface area contributed by atoms with E-state index in [9.17, 15) is 9.59 Å². The van der Waals surface area contributed by atoms with Gasteiger partial charge in [-0.2, -0.15) is 0 Å². The third-order valence-electron chi connectivity index (χ3n) is 4.10. The van der Waals surface area contributed by atoms with E-state index in [0.29, 0.717) is 26.1 Å². The van der Waals surface area contributed by atoms with E-state index < -0.39 is 0 Å². The van der Waals surface area contributed by atoms with Gasteiger partial charge in [0.2, 0.25) is 5.91 Å². The molecule has 2 aliphatic heterocycles. The predicted octanol–water partition coefficient (Wildman–Crippen LogP) is 1.96. The molecule has 0 spiro atoms. The zero-order chi connectivity index (χ0) is 15.7. The summed E-state index contributed by atoms with van der Waals surface area (Å²) in [6.45, 7) is 3.46. The maximum Gasteiger partial charge on any atom is 0.414 e. The van der Waals surface area contributed by atoms with Crippen molar-refractivity contribution in [2.45, 2.75) is 25.9 Å². The highest BCUT2D eigenvalue weighted by Crippen LogP contribution is 2.33. The number of carbonyl (C=O) groups is 2. The lowest BCUT2D eigenvalue weighted by Crippen LogP contribution is -2.28. The van der Waals surface area contributed by atoms with E-state index >= 15 is 0 Å². The Hall–Kier alpha value is -2.08. The summed E-state index contributed by atoms with van der Waals surface area (Å²) in [6.07, 6.45) is 0.739. The first kappa shape index (κ1) is 14.8. The van der Waals surface area contributed by atoms with Gasteiger partial charge in [0, 0.05) is 31.5 Å². The summed E-state index contributed by atoms with van der Waals surface area (Å²) in [5.41, 5.74) is 2.87. The largest absolute Gasteiger partial charge is 0.441 e. The minimum Gasteiger partial charge on any atom is -0.441 e. The van der Waals surface area contributed by atoms with Gasteiger partial charge < -0.3 is 14.4 Å². The number of methoxy groups -OCH3 is 1. The molecule has 0 bridgehead atoms. The van der Waals surface area contributed by atoms with Gasteiger partial charge in [0.1, 0.15) is 6.10 Å². The highest BCUT2D eigenvalue weighted by atomic mass is 16.6. The van der Waals surface area contributed by atoms with Gasteiger partial charge >= 0.3 is 6.09 Å². The topological polar surface area (TPSA) is 59.1 Å². The minimum absolute atomic E-state index is 0.132. The van der Waals surface area contributed by atoms with Gasteiger partial charge in [-0.05, 0) is 30.2 Å². The molecule has 1 unspecified atom stereocenters. The van der Waals surface area contributed by atoms with Crippen LogP contribution in [0.4, 0.5) is 16.2 Å². The van der Waals surface area contributed by atoms with E-state index in [4.69, 9.17) is 9.47 Å². The lowest BCUT2D eigenvalue weighted by Gasteiger charge is -2.18. The molecule has 1 fully saturated rings. The van der Waals surface area contributed by atoms with Gasteiger partial charge in [0.25, 0.3) is 0 Å². The van der Waals surface area contributed by atoms with Crippen LogP contribution in [-0.4, -0.2) is 44.9 Å². The molecule has 0 N–H and O–H groups in total. The monoisotopic (exact) mass is 304 g/mol. The summed E-state index contributed by atoms with van der Waals surface area (Å²) in [5.74, 6) is 0.132. The van der Waals surface area contributed by atoms with Crippen molar-refractivity contribution in [3.8, 4) is 0 Å². The molecule has 1 saturated heterocycles. The van der Waals surface area contributed by atoms with E-state index in [1.54, 1.807) is 12.0 Å². The molecule has 6 nitrogen and oxygen atoms in total. The van der Waals surface area contributed by atoms with E-state index in [2.05, 4.69) is 0 Å². The van der Waals surface area contributed by atoms with Crippen LogP contribution in [-0.2, 0) is 20.7 Å². The van der Waals surface area contributed by atoms with Gasteiger partial charge in [-0.3, -0.25) is 9.69 Å². The number of anilines is 2. The van der Waals surface area contributed by atoms with E-state index in [1.165, 1.54) is 0 Å². The SMILES string of the molecule is CCC(=O)N1CCc2cc(N3CC(COC)OC3=O)ccc21. The molecule has 1 aromatic rings. The Bertz CT molecular complexity index is 602. The van der Waals surface area contributed by atoms with Crippen molar-refractivity contribution in [1.82, 2.24) is 0 Å². The summed E-state index contributed by atoms with van der Waals surface area (Å²) in [6, 6.07) is 5.77. The average Bonchev–Trinajstić information content (AvgIpc) is 3.09. The highest BCUT2D eigenvalue weighted by Gasteiger charge is 2.33.